The highest BCUT2D eigenvalue weighted by atomic mass is 35.5. The molecule has 122 valence electrons. The number of hydrogen-bond donors (Lipinski definition) is 1. The summed E-state index contributed by atoms with van der Waals surface area (Å²) in [5.41, 5.74) is 0. The SMILES string of the molecule is CC1CCCCC1NC(=O)N(C)CCOc1ccc(Cl)cc1. The minimum atomic E-state index is -0.0153. The van der Waals surface area contributed by atoms with Gasteiger partial charge < -0.3 is 15.0 Å². The van der Waals surface area contributed by atoms with E-state index in [9.17, 15) is 4.79 Å². The fourth-order valence-corrected chi connectivity index (χ4v) is 2.86. The van der Waals surface area contributed by atoms with Gasteiger partial charge in [0.25, 0.3) is 0 Å². The Morgan fingerprint density at radius 2 is 2.00 bits per heavy atom. The zero-order chi connectivity index (χ0) is 15.9. The van der Waals surface area contributed by atoms with Crippen LogP contribution in [0.25, 0.3) is 0 Å². The Bertz CT molecular complexity index is 478. The Hall–Kier alpha value is -1.42. The lowest BCUT2D eigenvalue weighted by Crippen LogP contribution is -2.47. The molecule has 0 saturated heterocycles. The molecule has 1 saturated carbocycles. The van der Waals surface area contributed by atoms with E-state index in [1.54, 1.807) is 24.1 Å². The van der Waals surface area contributed by atoms with Crippen molar-refractivity contribution in [2.45, 2.75) is 38.6 Å². The van der Waals surface area contributed by atoms with Gasteiger partial charge in [0.05, 0.1) is 6.54 Å². The van der Waals surface area contributed by atoms with Gasteiger partial charge in [-0.15, -0.1) is 0 Å². The number of ether oxygens (including phenoxy) is 1. The fraction of sp³-hybridized carbons (Fsp3) is 0.588. The second-order valence-electron chi connectivity index (χ2n) is 6.04. The number of halogens is 1. The van der Waals surface area contributed by atoms with Crippen molar-refractivity contribution in [3.63, 3.8) is 0 Å². The monoisotopic (exact) mass is 324 g/mol. The predicted molar refractivity (Wildman–Crippen MR) is 89.5 cm³/mol. The van der Waals surface area contributed by atoms with Crippen molar-refractivity contribution < 1.29 is 9.53 Å². The van der Waals surface area contributed by atoms with Gasteiger partial charge in [0.1, 0.15) is 12.4 Å². The molecule has 0 aromatic heterocycles. The van der Waals surface area contributed by atoms with Gasteiger partial charge in [0.15, 0.2) is 0 Å². The van der Waals surface area contributed by atoms with Crippen LogP contribution in [0.3, 0.4) is 0 Å². The third-order valence-corrected chi connectivity index (χ3v) is 4.53. The summed E-state index contributed by atoms with van der Waals surface area (Å²) in [5.74, 6) is 1.33. The Kier molecular flexibility index (Phi) is 6.37. The molecule has 5 heteroatoms. The quantitative estimate of drug-likeness (QED) is 0.891. The van der Waals surface area contributed by atoms with Crippen LogP contribution in [0.2, 0.25) is 5.02 Å². The van der Waals surface area contributed by atoms with Gasteiger partial charge in [0, 0.05) is 18.1 Å². The largest absolute Gasteiger partial charge is 0.492 e. The Morgan fingerprint density at radius 1 is 1.32 bits per heavy atom. The molecule has 0 heterocycles. The van der Waals surface area contributed by atoms with E-state index >= 15 is 0 Å². The number of likely N-dealkylation sites (N-methyl/N-ethyl adjacent to an activating group) is 1. The highest BCUT2D eigenvalue weighted by Crippen LogP contribution is 2.23. The third kappa shape index (κ3) is 5.09. The normalized spacial score (nSPS) is 21.2. The highest BCUT2D eigenvalue weighted by Gasteiger charge is 2.23. The van der Waals surface area contributed by atoms with E-state index in [2.05, 4.69) is 12.2 Å². The van der Waals surface area contributed by atoms with Crippen molar-refractivity contribution >= 4 is 17.6 Å². The molecule has 1 aliphatic carbocycles. The second-order valence-corrected chi connectivity index (χ2v) is 6.48. The van der Waals surface area contributed by atoms with Gasteiger partial charge in [-0.2, -0.15) is 0 Å². The fourth-order valence-electron chi connectivity index (χ4n) is 2.73. The van der Waals surface area contributed by atoms with Crippen molar-refractivity contribution in [1.82, 2.24) is 10.2 Å². The lowest BCUT2D eigenvalue weighted by Gasteiger charge is -2.31. The first-order valence-electron chi connectivity index (χ1n) is 7.96. The first-order chi connectivity index (χ1) is 10.6. The van der Waals surface area contributed by atoms with Gasteiger partial charge in [-0.3, -0.25) is 0 Å². The Balaban J connectivity index is 1.70. The minimum Gasteiger partial charge on any atom is -0.492 e. The predicted octanol–water partition coefficient (Wildman–Crippen LogP) is 3.94. The molecular weight excluding hydrogens is 300 g/mol. The molecule has 0 aliphatic heterocycles. The first kappa shape index (κ1) is 16.9. The van der Waals surface area contributed by atoms with Crippen LogP contribution >= 0.6 is 11.6 Å². The number of carbonyl (C=O) groups excluding carboxylic acids is 1. The number of amides is 2. The average molecular weight is 325 g/mol. The average Bonchev–Trinajstić information content (AvgIpc) is 2.51. The number of benzene rings is 1. The van der Waals surface area contributed by atoms with E-state index in [0.717, 1.165) is 12.2 Å². The summed E-state index contributed by atoms with van der Waals surface area (Å²) >= 11 is 5.83. The Labute approximate surface area is 137 Å². The van der Waals surface area contributed by atoms with E-state index in [1.165, 1.54) is 19.3 Å². The molecular formula is C17H25ClN2O2. The van der Waals surface area contributed by atoms with Crippen molar-refractivity contribution in [3.8, 4) is 5.75 Å². The van der Waals surface area contributed by atoms with Crippen LogP contribution in [-0.2, 0) is 0 Å². The number of hydrogen-bond acceptors (Lipinski definition) is 2. The maximum absolute atomic E-state index is 12.2. The van der Waals surface area contributed by atoms with Crippen LogP contribution in [0.4, 0.5) is 4.79 Å². The van der Waals surface area contributed by atoms with Crippen LogP contribution in [-0.4, -0.2) is 37.2 Å². The lowest BCUT2D eigenvalue weighted by molar-refractivity contribution is 0.181. The molecule has 1 aliphatic rings. The van der Waals surface area contributed by atoms with Crippen molar-refractivity contribution in [2.24, 2.45) is 5.92 Å². The number of nitrogens with zero attached hydrogens (tertiary/aromatic N) is 1. The highest BCUT2D eigenvalue weighted by molar-refractivity contribution is 6.30. The summed E-state index contributed by atoms with van der Waals surface area (Å²) < 4.78 is 5.61. The van der Waals surface area contributed by atoms with Gasteiger partial charge in [-0.05, 0) is 43.0 Å². The number of urea groups is 1. The van der Waals surface area contributed by atoms with E-state index in [4.69, 9.17) is 16.3 Å². The molecule has 1 aromatic rings. The van der Waals surface area contributed by atoms with Crippen molar-refractivity contribution in [1.29, 1.82) is 0 Å². The van der Waals surface area contributed by atoms with Crippen LogP contribution in [0, 0.1) is 5.92 Å². The molecule has 4 nitrogen and oxygen atoms in total. The number of rotatable bonds is 5. The van der Waals surface area contributed by atoms with Crippen LogP contribution < -0.4 is 10.1 Å². The standard InChI is InChI=1S/C17H25ClN2O2/c1-13-5-3-4-6-16(13)19-17(21)20(2)11-12-22-15-9-7-14(18)8-10-15/h7-10,13,16H,3-6,11-12H2,1-2H3,(H,19,21). The van der Waals surface area contributed by atoms with Crippen molar-refractivity contribution in [2.75, 3.05) is 20.2 Å². The Morgan fingerprint density at radius 3 is 2.68 bits per heavy atom. The van der Waals surface area contributed by atoms with Gasteiger partial charge >= 0.3 is 6.03 Å². The molecule has 22 heavy (non-hydrogen) atoms. The topological polar surface area (TPSA) is 41.6 Å². The summed E-state index contributed by atoms with van der Waals surface area (Å²) in [6.07, 6.45) is 4.77. The number of carbonyl (C=O) groups is 1. The molecule has 1 fully saturated rings. The second kappa shape index (κ2) is 8.28. The summed E-state index contributed by atoms with van der Waals surface area (Å²) in [7, 11) is 1.80. The van der Waals surface area contributed by atoms with E-state index < -0.39 is 0 Å². The molecule has 0 spiro atoms. The molecule has 2 atom stereocenters. The van der Waals surface area contributed by atoms with Gasteiger partial charge in [-0.25, -0.2) is 4.79 Å². The molecule has 0 radical (unpaired) electrons. The zero-order valence-corrected chi connectivity index (χ0v) is 14.1. The first-order valence-corrected chi connectivity index (χ1v) is 8.34. The van der Waals surface area contributed by atoms with Crippen LogP contribution in [0.5, 0.6) is 5.75 Å². The molecule has 2 amide bonds. The zero-order valence-electron chi connectivity index (χ0n) is 13.3. The molecule has 2 rings (SSSR count). The minimum absolute atomic E-state index is 0.0153. The summed E-state index contributed by atoms with van der Waals surface area (Å²) in [5, 5.41) is 3.82. The van der Waals surface area contributed by atoms with E-state index in [0.29, 0.717) is 30.1 Å². The van der Waals surface area contributed by atoms with E-state index in [-0.39, 0.29) is 6.03 Å². The smallest absolute Gasteiger partial charge is 0.317 e. The maximum atomic E-state index is 12.2. The van der Waals surface area contributed by atoms with Gasteiger partial charge in [-0.1, -0.05) is 31.4 Å². The van der Waals surface area contributed by atoms with E-state index in [1.807, 2.05) is 12.1 Å². The number of nitrogens with one attached hydrogen (secondary N) is 1. The molecule has 2 unspecified atom stereocenters. The summed E-state index contributed by atoms with van der Waals surface area (Å²) in [4.78, 5) is 13.9. The van der Waals surface area contributed by atoms with Crippen LogP contribution in [0.1, 0.15) is 32.6 Å². The van der Waals surface area contributed by atoms with Crippen molar-refractivity contribution in [3.05, 3.63) is 29.3 Å². The lowest BCUT2D eigenvalue weighted by atomic mass is 9.86. The van der Waals surface area contributed by atoms with Gasteiger partial charge in [0.2, 0.25) is 0 Å². The maximum Gasteiger partial charge on any atom is 0.317 e. The molecule has 0 bridgehead atoms. The molecule has 1 N–H and O–H groups in total. The third-order valence-electron chi connectivity index (χ3n) is 4.28. The summed E-state index contributed by atoms with van der Waals surface area (Å²) in [6, 6.07) is 7.52. The van der Waals surface area contributed by atoms with Crippen LogP contribution in [0.15, 0.2) is 24.3 Å². The summed E-state index contributed by atoms with van der Waals surface area (Å²) in [6.45, 7) is 3.23. The molecule has 1 aromatic carbocycles.